The normalized spacial score (nSPS) is 10.8. The zero-order valence-corrected chi connectivity index (χ0v) is 17.3. The van der Waals surface area contributed by atoms with Crippen LogP contribution in [0, 0.1) is 5.92 Å². The van der Waals surface area contributed by atoms with Crippen LogP contribution in [0.5, 0.6) is 0 Å². The molecule has 0 saturated carbocycles. The number of ether oxygens (including phenoxy) is 1. The summed E-state index contributed by atoms with van der Waals surface area (Å²) in [5.41, 5.74) is 1.40. The van der Waals surface area contributed by atoms with Crippen LogP contribution in [0.15, 0.2) is 32.9 Å². The average molecular weight is 412 g/mol. The highest BCUT2D eigenvalue weighted by Gasteiger charge is 2.10. The molecule has 2 aromatic rings. The van der Waals surface area contributed by atoms with Crippen LogP contribution in [-0.4, -0.2) is 40.7 Å². The summed E-state index contributed by atoms with van der Waals surface area (Å²) < 4.78 is 6.39. The van der Waals surface area contributed by atoms with E-state index in [1.54, 1.807) is 36.0 Å². The molecule has 26 heavy (non-hydrogen) atoms. The van der Waals surface area contributed by atoms with Crippen molar-refractivity contribution in [3.05, 3.63) is 35.4 Å². The maximum absolute atomic E-state index is 12.0. The Kier molecular flexibility index (Phi) is 8.40. The van der Waals surface area contributed by atoms with Gasteiger partial charge in [0.15, 0.2) is 8.68 Å². The van der Waals surface area contributed by atoms with Gasteiger partial charge in [-0.15, -0.1) is 10.2 Å². The Morgan fingerprint density at radius 2 is 1.81 bits per heavy atom. The molecule has 0 saturated heterocycles. The molecule has 1 aromatic carbocycles. The number of thioether (sulfide) groups is 2. The van der Waals surface area contributed by atoms with E-state index < -0.39 is 0 Å². The Morgan fingerprint density at radius 1 is 1.15 bits per heavy atom. The molecule has 2 rings (SSSR count). The van der Waals surface area contributed by atoms with E-state index in [1.165, 1.54) is 30.2 Å². The van der Waals surface area contributed by atoms with Gasteiger partial charge in [-0.05, 0) is 23.6 Å². The monoisotopic (exact) mass is 411 g/mol. The van der Waals surface area contributed by atoms with Gasteiger partial charge in [0, 0.05) is 12.3 Å². The van der Waals surface area contributed by atoms with Gasteiger partial charge in [-0.2, -0.15) is 0 Å². The first-order valence-electron chi connectivity index (χ1n) is 8.01. The molecule has 0 radical (unpaired) electrons. The summed E-state index contributed by atoms with van der Waals surface area (Å²) in [6.07, 6.45) is 0. The van der Waals surface area contributed by atoms with Gasteiger partial charge in [-0.1, -0.05) is 60.8 Å². The number of rotatable bonds is 9. The summed E-state index contributed by atoms with van der Waals surface area (Å²) in [5.74, 6) is 1.46. The molecule has 0 bridgehead atoms. The highest BCUT2D eigenvalue weighted by molar-refractivity contribution is 8.03. The Hall–Kier alpha value is -1.58. The van der Waals surface area contributed by atoms with Gasteiger partial charge >= 0.3 is 5.97 Å². The third-order valence-corrected chi connectivity index (χ3v) is 6.74. The third-order valence-electron chi connectivity index (χ3n) is 3.12. The van der Waals surface area contributed by atoms with Crippen molar-refractivity contribution in [1.29, 1.82) is 0 Å². The molecular weight excluding hydrogens is 390 g/mol. The van der Waals surface area contributed by atoms with Crippen molar-refractivity contribution < 1.29 is 14.3 Å². The lowest BCUT2D eigenvalue weighted by Gasteiger charge is -2.05. The summed E-state index contributed by atoms with van der Waals surface area (Å²) in [7, 11) is 1.35. The van der Waals surface area contributed by atoms with E-state index in [0.717, 1.165) is 20.0 Å². The van der Waals surface area contributed by atoms with E-state index in [1.807, 2.05) is 0 Å². The second-order valence-corrected chi connectivity index (χ2v) is 9.26. The Balaban J connectivity index is 1.73. The molecule has 140 valence electrons. The van der Waals surface area contributed by atoms with Crippen LogP contribution in [0.2, 0.25) is 0 Å². The number of aromatic nitrogens is 2. The molecule has 9 heteroatoms. The van der Waals surface area contributed by atoms with E-state index in [0.29, 0.717) is 23.8 Å². The number of carbonyl (C=O) groups is 2. The fourth-order valence-corrected chi connectivity index (χ4v) is 4.63. The standard InChI is InChI=1S/C17H21N3O3S3/c1-11(2)9-24-16-19-20-17(26-16)25-10-14(21)18-8-12-4-6-13(7-5-12)15(22)23-3/h4-7,11H,8-10H2,1-3H3,(H,18,21). The molecule has 1 amide bonds. The summed E-state index contributed by atoms with van der Waals surface area (Å²) >= 11 is 4.60. The molecule has 0 fully saturated rings. The smallest absolute Gasteiger partial charge is 0.337 e. The van der Waals surface area contributed by atoms with E-state index in [2.05, 4.69) is 34.1 Å². The fourth-order valence-electron chi connectivity index (χ4n) is 1.81. The van der Waals surface area contributed by atoms with E-state index >= 15 is 0 Å². The fraction of sp³-hybridized carbons (Fsp3) is 0.412. The first kappa shape index (κ1) is 20.7. The summed E-state index contributed by atoms with van der Waals surface area (Å²) in [6.45, 7) is 4.74. The topological polar surface area (TPSA) is 81.2 Å². The van der Waals surface area contributed by atoms with Crippen molar-refractivity contribution in [1.82, 2.24) is 15.5 Å². The molecule has 0 aliphatic rings. The lowest BCUT2D eigenvalue weighted by Crippen LogP contribution is -2.24. The lowest BCUT2D eigenvalue weighted by molar-refractivity contribution is -0.118. The first-order valence-corrected chi connectivity index (χ1v) is 10.8. The average Bonchev–Trinajstić information content (AvgIpc) is 3.10. The largest absolute Gasteiger partial charge is 0.465 e. The van der Waals surface area contributed by atoms with Crippen LogP contribution in [0.1, 0.15) is 29.8 Å². The number of methoxy groups -OCH3 is 1. The number of nitrogens with zero attached hydrogens (tertiary/aromatic N) is 2. The molecule has 0 unspecified atom stereocenters. The summed E-state index contributed by atoms with van der Waals surface area (Å²) in [6, 6.07) is 6.95. The number of nitrogens with one attached hydrogen (secondary N) is 1. The van der Waals surface area contributed by atoms with Gasteiger partial charge in [0.2, 0.25) is 5.91 Å². The molecule has 1 heterocycles. The van der Waals surface area contributed by atoms with Crippen molar-refractivity contribution in [3.63, 3.8) is 0 Å². The third kappa shape index (κ3) is 6.97. The molecule has 0 aliphatic heterocycles. The zero-order valence-electron chi connectivity index (χ0n) is 14.9. The first-order chi connectivity index (χ1) is 12.5. The highest BCUT2D eigenvalue weighted by Crippen LogP contribution is 2.29. The number of benzene rings is 1. The SMILES string of the molecule is COC(=O)c1ccc(CNC(=O)CSc2nnc(SCC(C)C)s2)cc1. The van der Waals surface area contributed by atoms with Crippen molar-refractivity contribution in [2.45, 2.75) is 29.1 Å². The van der Waals surface area contributed by atoms with Gasteiger partial charge in [0.1, 0.15) is 0 Å². The minimum atomic E-state index is -0.375. The highest BCUT2D eigenvalue weighted by atomic mass is 32.2. The molecule has 1 aromatic heterocycles. The molecule has 0 aliphatic carbocycles. The van der Waals surface area contributed by atoms with Crippen molar-refractivity contribution in [2.24, 2.45) is 5.92 Å². The van der Waals surface area contributed by atoms with Gasteiger partial charge in [0.25, 0.3) is 0 Å². The number of carbonyl (C=O) groups excluding carboxylic acids is 2. The minimum absolute atomic E-state index is 0.0707. The summed E-state index contributed by atoms with van der Waals surface area (Å²) in [4.78, 5) is 23.4. The van der Waals surface area contributed by atoms with Crippen molar-refractivity contribution in [2.75, 3.05) is 18.6 Å². The number of hydrogen-bond acceptors (Lipinski definition) is 8. The predicted molar refractivity (Wildman–Crippen MR) is 106 cm³/mol. The maximum Gasteiger partial charge on any atom is 0.337 e. The Morgan fingerprint density at radius 3 is 2.42 bits per heavy atom. The van der Waals surface area contributed by atoms with Crippen LogP contribution >= 0.6 is 34.9 Å². The van der Waals surface area contributed by atoms with Crippen molar-refractivity contribution >= 4 is 46.7 Å². The zero-order chi connectivity index (χ0) is 18.9. The lowest BCUT2D eigenvalue weighted by atomic mass is 10.1. The second kappa shape index (κ2) is 10.5. The van der Waals surface area contributed by atoms with Crippen LogP contribution in [0.4, 0.5) is 0 Å². The summed E-state index contributed by atoms with van der Waals surface area (Å²) in [5, 5.41) is 11.1. The van der Waals surface area contributed by atoms with E-state index in [9.17, 15) is 9.59 Å². The molecular formula is C17H21N3O3S3. The maximum atomic E-state index is 12.0. The predicted octanol–water partition coefficient (Wildman–Crippen LogP) is 3.48. The number of amides is 1. The van der Waals surface area contributed by atoms with Crippen LogP contribution < -0.4 is 5.32 Å². The van der Waals surface area contributed by atoms with Crippen LogP contribution in [0.3, 0.4) is 0 Å². The van der Waals surface area contributed by atoms with Gasteiger partial charge < -0.3 is 10.1 Å². The van der Waals surface area contributed by atoms with Gasteiger partial charge in [-0.25, -0.2) is 4.79 Å². The molecule has 0 spiro atoms. The van der Waals surface area contributed by atoms with Gasteiger partial charge in [0.05, 0.1) is 18.4 Å². The Labute approximate surface area is 165 Å². The Bertz CT molecular complexity index is 732. The second-order valence-electron chi connectivity index (χ2n) is 5.79. The van der Waals surface area contributed by atoms with Crippen LogP contribution in [-0.2, 0) is 16.1 Å². The minimum Gasteiger partial charge on any atom is -0.465 e. The number of esters is 1. The molecule has 6 nitrogen and oxygen atoms in total. The van der Waals surface area contributed by atoms with E-state index in [-0.39, 0.29) is 11.9 Å². The van der Waals surface area contributed by atoms with Gasteiger partial charge in [-0.3, -0.25) is 4.79 Å². The molecule has 1 N–H and O–H groups in total. The van der Waals surface area contributed by atoms with Crippen LogP contribution in [0.25, 0.3) is 0 Å². The van der Waals surface area contributed by atoms with Crippen molar-refractivity contribution in [3.8, 4) is 0 Å². The van der Waals surface area contributed by atoms with E-state index in [4.69, 9.17) is 0 Å². The molecule has 0 atom stereocenters. The quantitative estimate of drug-likeness (QED) is 0.500. The number of hydrogen-bond donors (Lipinski definition) is 1.